The van der Waals surface area contributed by atoms with Crippen LogP contribution >= 0.6 is 0 Å². The molecule has 5 heteroatoms. The summed E-state index contributed by atoms with van der Waals surface area (Å²) in [7, 11) is 0. The molecule has 82 valence electrons. The summed E-state index contributed by atoms with van der Waals surface area (Å²) < 4.78 is 0. The van der Waals surface area contributed by atoms with E-state index in [2.05, 4.69) is 20.2 Å². The fourth-order valence-corrected chi connectivity index (χ4v) is 1.85. The number of aromatic amines is 1. The molecule has 0 amide bonds. The Hall–Kier alpha value is -1.36. The lowest BCUT2D eigenvalue weighted by Crippen LogP contribution is -2.84. The fraction of sp³-hybridized carbons (Fsp3) is 0.600. The molecule has 15 heavy (non-hydrogen) atoms. The lowest BCUT2D eigenvalue weighted by atomic mass is 10.4. The van der Waals surface area contributed by atoms with Gasteiger partial charge in [0.15, 0.2) is 0 Å². The van der Waals surface area contributed by atoms with Crippen LogP contribution in [0, 0.1) is 6.92 Å². The van der Waals surface area contributed by atoms with E-state index in [4.69, 9.17) is 0 Å². The normalized spacial score (nSPS) is 17.5. The summed E-state index contributed by atoms with van der Waals surface area (Å²) in [4.78, 5) is 20.6. The molecule has 3 N–H and O–H groups in total. The van der Waals surface area contributed by atoms with Gasteiger partial charge in [0, 0.05) is 24.7 Å². The lowest BCUT2D eigenvalue weighted by Gasteiger charge is -2.19. The number of H-pyrrole nitrogens is 1. The van der Waals surface area contributed by atoms with Crippen LogP contribution in [0.25, 0.3) is 0 Å². The fourth-order valence-electron chi connectivity index (χ4n) is 1.85. The highest BCUT2D eigenvalue weighted by Gasteiger charge is 2.13. The van der Waals surface area contributed by atoms with Crippen LogP contribution in [-0.4, -0.2) is 36.1 Å². The van der Waals surface area contributed by atoms with Gasteiger partial charge in [0.25, 0.3) is 5.56 Å². The molecule has 1 saturated heterocycles. The summed E-state index contributed by atoms with van der Waals surface area (Å²) in [6.45, 7) is 6.00. The van der Waals surface area contributed by atoms with Gasteiger partial charge in [0.2, 0.25) is 5.95 Å². The monoisotopic (exact) mass is 209 g/mol. The highest BCUT2D eigenvalue weighted by atomic mass is 16.1. The Labute approximate surface area is 88.5 Å². The van der Waals surface area contributed by atoms with Crippen LogP contribution in [0.5, 0.6) is 0 Å². The summed E-state index contributed by atoms with van der Waals surface area (Å²) in [5.74, 6) is 0.718. The molecule has 1 aliphatic rings. The van der Waals surface area contributed by atoms with E-state index in [1.54, 1.807) is 0 Å². The Kier molecular flexibility index (Phi) is 3.01. The first-order chi connectivity index (χ1) is 7.25. The molecule has 0 spiro atoms. The molecule has 0 unspecified atom stereocenters. The first-order valence-corrected chi connectivity index (χ1v) is 5.40. The Morgan fingerprint density at radius 1 is 1.47 bits per heavy atom. The van der Waals surface area contributed by atoms with Crippen LogP contribution in [0.3, 0.4) is 0 Å². The largest absolute Gasteiger partial charge is 0.345 e. The molecule has 1 aliphatic heterocycles. The van der Waals surface area contributed by atoms with Crippen molar-refractivity contribution in [3.63, 3.8) is 0 Å². The van der Waals surface area contributed by atoms with E-state index < -0.39 is 0 Å². The minimum absolute atomic E-state index is 0.0641. The zero-order chi connectivity index (χ0) is 10.7. The highest BCUT2D eigenvalue weighted by molar-refractivity contribution is 5.29. The molecule has 2 heterocycles. The van der Waals surface area contributed by atoms with E-state index in [9.17, 15) is 4.79 Å². The van der Waals surface area contributed by atoms with Crippen LogP contribution < -0.4 is 15.8 Å². The van der Waals surface area contributed by atoms with E-state index in [0.29, 0.717) is 0 Å². The summed E-state index contributed by atoms with van der Waals surface area (Å²) >= 11 is 0. The molecule has 1 aromatic heterocycles. The average Bonchev–Trinajstić information content (AvgIpc) is 2.43. The molecular formula is C10H17N4O+. The predicted molar refractivity (Wildman–Crippen MR) is 58.1 cm³/mol. The average molecular weight is 209 g/mol. The Balaban J connectivity index is 2.23. The minimum atomic E-state index is -0.0641. The number of aromatic nitrogens is 2. The molecule has 1 aromatic rings. The van der Waals surface area contributed by atoms with Gasteiger partial charge in [-0.15, -0.1) is 0 Å². The number of rotatable bonds is 1. The Morgan fingerprint density at radius 2 is 2.33 bits per heavy atom. The van der Waals surface area contributed by atoms with Crippen molar-refractivity contribution in [2.45, 2.75) is 13.3 Å². The van der Waals surface area contributed by atoms with Gasteiger partial charge in [-0.05, 0) is 6.92 Å². The van der Waals surface area contributed by atoms with Crippen molar-refractivity contribution in [2.75, 3.05) is 31.1 Å². The zero-order valence-corrected chi connectivity index (χ0v) is 8.99. The van der Waals surface area contributed by atoms with E-state index >= 15 is 0 Å². The molecule has 0 radical (unpaired) electrons. The second-order valence-electron chi connectivity index (χ2n) is 3.92. The molecular weight excluding hydrogens is 192 g/mol. The topological polar surface area (TPSA) is 65.6 Å². The Bertz CT molecular complexity index is 379. The summed E-state index contributed by atoms with van der Waals surface area (Å²) in [5, 5.41) is 2.30. The second kappa shape index (κ2) is 4.44. The third-order valence-electron chi connectivity index (χ3n) is 2.60. The van der Waals surface area contributed by atoms with Crippen molar-refractivity contribution < 1.29 is 5.32 Å². The third kappa shape index (κ3) is 2.56. The molecule has 0 bridgehead atoms. The standard InChI is InChI=1S/C10H16N4O/c1-8-7-9(15)13-10(12-8)14-5-2-3-11-4-6-14/h7,11H,2-6H2,1H3,(H,12,13,15)/p+1. The molecule has 0 atom stereocenters. The van der Waals surface area contributed by atoms with E-state index in [1.807, 2.05) is 6.92 Å². The van der Waals surface area contributed by atoms with Gasteiger partial charge in [-0.2, -0.15) is 0 Å². The molecule has 0 aromatic carbocycles. The number of quaternary nitrogens is 1. The zero-order valence-electron chi connectivity index (χ0n) is 8.99. The van der Waals surface area contributed by atoms with Gasteiger partial charge < -0.3 is 10.2 Å². The highest BCUT2D eigenvalue weighted by Crippen LogP contribution is 2.05. The Morgan fingerprint density at radius 3 is 3.13 bits per heavy atom. The maximum absolute atomic E-state index is 11.3. The third-order valence-corrected chi connectivity index (χ3v) is 2.60. The van der Waals surface area contributed by atoms with Gasteiger partial charge in [-0.25, -0.2) is 4.98 Å². The minimum Gasteiger partial charge on any atom is -0.345 e. The van der Waals surface area contributed by atoms with E-state index in [1.165, 1.54) is 6.07 Å². The van der Waals surface area contributed by atoms with Gasteiger partial charge >= 0.3 is 0 Å². The molecule has 0 aliphatic carbocycles. The predicted octanol–water partition coefficient (Wildman–Crippen LogP) is -1.15. The summed E-state index contributed by atoms with van der Waals surface area (Å²) in [5.41, 5.74) is 0.715. The summed E-state index contributed by atoms with van der Waals surface area (Å²) in [6, 6.07) is 1.52. The SMILES string of the molecule is Cc1cc(=O)[nH]c(N2CCC[NH2+]CC2)n1. The van der Waals surface area contributed by atoms with Gasteiger partial charge in [-0.1, -0.05) is 0 Å². The van der Waals surface area contributed by atoms with Gasteiger partial charge in [0.05, 0.1) is 19.6 Å². The lowest BCUT2D eigenvalue weighted by molar-refractivity contribution is -0.650. The smallest absolute Gasteiger partial charge is 0.252 e. The van der Waals surface area contributed by atoms with Gasteiger partial charge in [0.1, 0.15) is 0 Å². The van der Waals surface area contributed by atoms with Crippen LogP contribution in [0.1, 0.15) is 12.1 Å². The molecule has 5 nitrogen and oxygen atoms in total. The second-order valence-corrected chi connectivity index (χ2v) is 3.92. The maximum atomic E-state index is 11.3. The van der Waals surface area contributed by atoms with Gasteiger partial charge in [-0.3, -0.25) is 9.78 Å². The van der Waals surface area contributed by atoms with Crippen LogP contribution in [-0.2, 0) is 0 Å². The van der Waals surface area contributed by atoms with E-state index in [-0.39, 0.29) is 5.56 Å². The van der Waals surface area contributed by atoms with Crippen LogP contribution in [0.15, 0.2) is 10.9 Å². The van der Waals surface area contributed by atoms with Crippen molar-refractivity contribution in [1.82, 2.24) is 9.97 Å². The van der Waals surface area contributed by atoms with Crippen LogP contribution in [0.2, 0.25) is 0 Å². The van der Waals surface area contributed by atoms with Crippen molar-refractivity contribution in [2.24, 2.45) is 0 Å². The number of nitrogens with two attached hydrogens (primary N) is 1. The molecule has 2 rings (SSSR count). The van der Waals surface area contributed by atoms with E-state index in [0.717, 1.165) is 44.2 Å². The molecule has 0 saturated carbocycles. The maximum Gasteiger partial charge on any atom is 0.252 e. The quantitative estimate of drug-likeness (QED) is 0.614. The first kappa shape index (κ1) is 10.2. The number of anilines is 1. The van der Waals surface area contributed by atoms with Crippen molar-refractivity contribution in [3.05, 3.63) is 22.1 Å². The van der Waals surface area contributed by atoms with Crippen molar-refractivity contribution in [1.29, 1.82) is 0 Å². The van der Waals surface area contributed by atoms with Crippen molar-refractivity contribution >= 4 is 5.95 Å². The van der Waals surface area contributed by atoms with Crippen molar-refractivity contribution in [3.8, 4) is 0 Å². The number of hydrogen-bond donors (Lipinski definition) is 2. The number of nitrogens with one attached hydrogen (secondary N) is 1. The summed E-state index contributed by atoms with van der Waals surface area (Å²) in [6.07, 6.45) is 1.14. The first-order valence-electron chi connectivity index (χ1n) is 5.40. The number of nitrogens with zero attached hydrogens (tertiary/aromatic N) is 2. The number of aryl methyl sites for hydroxylation is 1. The molecule has 1 fully saturated rings. The van der Waals surface area contributed by atoms with Crippen LogP contribution in [0.4, 0.5) is 5.95 Å². The number of hydrogen-bond acceptors (Lipinski definition) is 3.